The summed E-state index contributed by atoms with van der Waals surface area (Å²) in [5, 5.41) is 9.56. The Balaban J connectivity index is 2.24. The number of ether oxygens (including phenoxy) is 1. The van der Waals surface area contributed by atoms with E-state index in [4.69, 9.17) is 9.72 Å². The fraction of sp³-hybridized carbons (Fsp3) is 0.611. The summed E-state index contributed by atoms with van der Waals surface area (Å²) in [6.45, 7) is 7.98. The smallest absolute Gasteiger partial charge is 0.219 e. The number of nitrogens with zero attached hydrogens (tertiary/aromatic N) is 2. The van der Waals surface area contributed by atoms with E-state index in [9.17, 15) is 9.90 Å². The Hall–Kier alpha value is -1.91. The molecule has 0 aliphatic heterocycles. The van der Waals surface area contributed by atoms with Crippen molar-refractivity contribution < 1.29 is 14.6 Å². The van der Waals surface area contributed by atoms with Gasteiger partial charge in [-0.3, -0.25) is 4.79 Å². The maximum atomic E-state index is 12.7. The highest BCUT2D eigenvalue weighted by Gasteiger charge is 2.56. The lowest BCUT2D eigenvalue weighted by Gasteiger charge is -2.52. The van der Waals surface area contributed by atoms with Crippen LogP contribution in [0.3, 0.4) is 0 Å². The fourth-order valence-electron chi connectivity index (χ4n) is 4.73. The van der Waals surface area contributed by atoms with Crippen LogP contribution in [0.2, 0.25) is 0 Å². The maximum absolute atomic E-state index is 12.7. The molecule has 124 valence electrons. The number of rotatable bonds is 1. The monoisotopic (exact) mass is 316 g/mol. The van der Waals surface area contributed by atoms with Crippen molar-refractivity contribution in [3.63, 3.8) is 0 Å². The number of Topliss-reactive ketones (excluding diaryl/α,β-unsaturated/α-hetero) is 1. The number of allylic oxidation sites excluding steroid dienone is 1. The van der Waals surface area contributed by atoms with E-state index in [2.05, 4.69) is 11.9 Å². The van der Waals surface area contributed by atoms with E-state index in [1.807, 2.05) is 20.8 Å². The number of aryl methyl sites for hydroxylation is 1. The molecule has 0 saturated heterocycles. The number of methoxy groups -OCH3 is 1. The first kappa shape index (κ1) is 16.0. The molecule has 5 nitrogen and oxygen atoms in total. The number of aliphatic hydroxyl groups is 1. The molecule has 1 heterocycles. The van der Waals surface area contributed by atoms with Gasteiger partial charge in [-0.2, -0.15) is 4.98 Å². The first-order chi connectivity index (χ1) is 10.8. The van der Waals surface area contributed by atoms with Gasteiger partial charge in [0.2, 0.25) is 5.88 Å². The summed E-state index contributed by atoms with van der Waals surface area (Å²) in [4.78, 5) is 21.8. The molecule has 23 heavy (non-hydrogen) atoms. The summed E-state index contributed by atoms with van der Waals surface area (Å²) in [5.41, 5.74) is 1.67. The number of fused-ring (bicyclic) bond motifs is 3. The molecule has 0 amide bonds. The molecule has 0 aromatic carbocycles. The van der Waals surface area contributed by atoms with Crippen LogP contribution in [0.1, 0.15) is 50.7 Å². The Kier molecular flexibility index (Phi) is 3.50. The lowest BCUT2D eigenvalue weighted by Crippen LogP contribution is -2.53. The molecular formula is C18H24N2O3. The zero-order chi connectivity index (χ0) is 17.0. The SMILES string of the molecule is COc1nc(C)nc2c1CC[C@H]1C(C)(C)C(=O)/C(=C\O)C[C@]21C. The predicted octanol–water partition coefficient (Wildman–Crippen LogP) is 3.05. The molecule has 2 aliphatic rings. The highest BCUT2D eigenvalue weighted by molar-refractivity contribution is 6.01. The van der Waals surface area contributed by atoms with Crippen LogP contribution in [0.25, 0.3) is 0 Å². The molecule has 1 saturated carbocycles. The number of aromatic nitrogens is 2. The van der Waals surface area contributed by atoms with Crippen molar-refractivity contribution in [3.8, 4) is 5.88 Å². The minimum absolute atomic E-state index is 0.0451. The van der Waals surface area contributed by atoms with E-state index >= 15 is 0 Å². The number of carbonyl (C=O) groups is 1. The standard InChI is InChI=1S/C18H24N2O3/c1-10-19-14-12(16(20-10)23-5)6-7-13-17(2,3)15(22)11(9-21)8-18(13,14)4/h9,13,21H,6-8H2,1-5H3/b11-9-/t13-,18-/m0/s1. The third-order valence-electron chi connectivity index (χ3n) is 5.73. The Bertz CT molecular complexity index is 708. The fourth-order valence-corrected chi connectivity index (χ4v) is 4.73. The second kappa shape index (κ2) is 5.05. The van der Waals surface area contributed by atoms with Gasteiger partial charge in [-0.1, -0.05) is 20.8 Å². The van der Waals surface area contributed by atoms with Gasteiger partial charge < -0.3 is 9.84 Å². The van der Waals surface area contributed by atoms with Gasteiger partial charge in [-0.15, -0.1) is 0 Å². The second-order valence-corrected chi connectivity index (χ2v) is 7.50. The highest BCUT2D eigenvalue weighted by Crippen LogP contribution is 2.57. The maximum Gasteiger partial charge on any atom is 0.219 e. The van der Waals surface area contributed by atoms with Crippen LogP contribution >= 0.6 is 0 Å². The number of aliphatic hydroxyl groups excluding tert-OH is 1. The van der Waals surface area contributed by atoms with Crippen molar-refractivity contribution in [3.05, 3.63) is 28.9 Å². The minimum Gasteiger partial charge on any atom is -0.515 e. The first-order valence-corrected chi connectivity index (χ1v) is 8.05. The second-order valence-electron chi connectivity index (χ2n) is 7.50. The summed E-state index contributed by atoms with van der Waals surface area (Å²) in [6.07, 6.45) is 3.19. The van der Waals surface area contributed by atoms with Gasteiger partial charge in [-0.25, -0.2) is 4.98 Å². The van der Waals surface area contributed by atoms with Crippen LogP contribution in [-0.4, -0.2) is 28.0 Å². The van der Waals surface area contributed by atoms with Crippen LogP contribution < -0.4 is 4.74 Å². The molecule has 0 radical (unpaired) electrons. The van der Waals surface area contributed by atoms with Crippen molar-refractivity contribution in [1.29, 1.82) is 0 Å². The molecule has 0 unspecified atom stereocenters. The molecule has 1 aromatic heterocycles. The van der Waals surface area contributed by atoms with Crippen molar-refractivity contribution >= 4 is 5.78 Å². The van der Waals surface area contributed by atoms with Gasteiger partial charge in [0, 0.05) is 22.0 Å². The van der Waals surface area contributed by atoms with Gasteiger partial charge in [0.1, 0.15) is 5.82 Å². The van der Waals surface area contributed by atoms with Crippen molar-refractivity contribution in [2.75, 3.05) is 7.11 Å². The summed E-state index contributed by atoms with van der Waals surface area (Å²) < 4.78 is 5.46. The van der Waals surface area contributed by atoms with Crippen LogP contribution in [0.5, 0.6) is 5.88 Å². The Morgan fingerprint density at radius 2 is 2.00 bits per heavy atom. The van der Waals surface area contributed by atoms with E-state index in [1.165, 1.54) is 0 Å². The number of carbonyl (C=O) groups excluding carboxylic acids is 1. The van der Waals surface area contributed by atoms with Crippen LogP contribution in [-0.2, 0) is 16.6 Å². The summed E-state index contributed by atoms with van der Waals surface area (Å²) in [6, 6.07) is 0. The molecule has 2 atom stereocenters. The number of ketones is 1. The van der Waals surface area contributed by atoms with Crippen molar-refractivity contribution in [1.82, 2.24) is 9.97 Å². The summed E-state index contributed by atoms with van der Waals surface area (Å²) in [5.74, 6) is 1.53. The topological polar surface area (TPSA) is 72.3 Å². The first-order valence-electron chi connectivity index (χ1n) is 8.05. The van der Waals surface area contributed by atoms with E-state index in [1.54, 1.807) is 7.11 Å². The minimum atomic E-state index is -0.522. The van der Waals surface area contributed by atoms with Gasteiger partial charge in [0.25, 0.3) is 0 Å². The molecule has 2 aliphatic carbocycles. The van der Waals surface area contributed by atoms with Gasteiger partial charge in [-0.05, 0) is 32.1 Å². The van der Waals surface area contributed by atoms with E-state index < -0.39 is 5.41 Å². The molecule has 0 bridgehead atoms. The average Bonchev–Trinajstić information content (AvgIpc) is 2.51. The molecule has 3 rings (SSSR count). The van der Waals surface area contributed by atoms with Gasteiger partial charge in [0.15, 0.2) is 5.78 Å². The number of hydrogen-bond donors (Lipinski definition) is 1. The predicted molar refractivity (Wildman–Crippen MR) is 86.6 cm³/mol. The van der Waals surface area contributed by atoms with Crippen LogP contribution in [0, 0.1) is 18.3 Å². The third-order valence-corrected chi connectivity index (χ3v) is 5.73. The quantitative estimate of drug-likeness (QED) is 0.637. The Morgan fingerprint density at radius 3 is 2.61 bits per heavy atom. The summed E-state index contributed by atoms with van der Waals surface area (Å²) >= 11 is 0. The third kappa shape index (κ3) is 2.09. The van der Waals surface area contributed by atoms with E-state index in [-0.39, 0.29) is 17.1 Å². The van der Waals surface area contributed by atoms with Crippen LogP contribution in [0.4, 0.5) is 0 Å². The Morgan fingerprint density at radius 1 is 1.30 bits per heavy atom. The molecule has 1 N–H and O–H groups in total. The normalized spacial score (nSPS) is 30.7. The van der Waals surface area contributed by atoms with Gasteiger partial charge >= 0.3 is 0 Å². The highest BCUT2D eigenvalue weighted by atomic mass is 16.5. The lowest BCUT2D eigenvalue weighted by atomic mass is 9.50. The van der Waals surface area contributed by atoms with Crippen LogP contribution in [0.15, 0.2) is 11.8 Å². The lowest BCUT2D eigenvalue weighted by molar-refractivity contribution is -0.131. The molecule has 5 heteroatoms. The Labute approximate surface area is 136 Å². The zero-order valence-electron chi connectivity index (χ0n) is 14.4. The van der Waals surface area contributed by atoms with E-state index in [0.717, 1.165) is 30.4 Å². The average molecular weight is 316 g/mol. The van der Waals surface area contributed by atoms with E-state index in [0.29, 0.717) is 23.7 Å². The van der Waals surface area contributed by atoms with Crippen molar-refractivity contribution in [2.45, 2.75) is 52.4 Å². The zero-order valence-corrected chi connectivity index (χ0v) is 14.4. The van der Waals surface area contributed by atoms with Gasteiger partial charge in [0.05, 0.1) is 19.1 Å². The number of hydrogen-bond acceptors (Lipinski definition) is 5. The molecule has 1 fully saturated rings. The molecular weight excluding hydrogens is 292 g/mol. The summed E-state index contributed by atoms with van der Waals surface area (Å²) in [7, 11) is 1.63. The molecule has 1 aromatic rings. The van der Waals surface area contributed by atoms with Crippen molar-refractivity contribution in [2.24, 2.45) is 11.3 Å². The molecule has 0 spiro atoms. The largest absolute Gasteiger partial charge is 0.515 e.